The summed E-state index contributed by atoms with van der Waals surface area (Å²) in [4.78, 5) is 25.8. The molecule has 0 aliphatic carbocycles. The first kappa shape index (κ1) is 18.1. The van der Waals surface area contributed by atoms with Gasteiger partial charge < -0.3 is 9.84 Å². The van der Waals surface area contributed by atoms with Gasteiger partial charge in [-0.2, -0.15) is 0 Å². The van der Waals surface area contributed by atoms with Gasteiger partial charge in [-0.05, 0) is 12.0 Å². The quantitative estimate of drug-likeness (QED) is 0.821. The van der Waals surface area contributed by atoms with Gasteiger partial charge >= 0.3 is 12.1 Å². The van der Waals surface area contributed by atoms with Crippen molar-refractivity contribution < 1.29 is 28.2 Å². The Labute approximate surface area is 138 Å². The number of benzene rings is 1. The SMILES string of the molecule is CN(C(=O)OCc1ccccc1)C(CCN1CC(F)(F)C1)C(=O)O. The van der Waals surface area contributed by atoms with Crippen LogP contribution < -0.4 is 0 Å². The van der Waals surface area contributed by atoms with Crippen molar-refractivity contribution in [3.05, 3.63) is 35.9 Å². The monoisotopic (exact) mass is 342 g/mol. The second-order valence-electron chi connectivity index (χ2n) is 5.86. The number of likely N-dealkylation sites (tertiary alicyclic amines) is 1. The van der Waals surface area contributed by atoms with Gasteiger partial charge in [-0.25, -0.2) is 18.4 Å². The van der Waals surface area contributed by atoms with Crippen molar-refractivity contribution in [3.8, 4) is 0 Å². The Morgan fingerprint density at radius 2 is 1.96 bits per heavy atom. The number of carboxylic acid groups (broad SMARTS) is 1. The molecule has 1 fully saturated rings. The van der Waals surface area contributed by atoms with E-state index in [4.69, 9.17) is 4.74 Å². The number of halogens is 2. The van der Waals surface area contributed by atoms with Crippen molar-refractivity contribution in [2.45, 2.75) is 25.0 Å². The zero-order valence-corrected chi connectivity index (χ0v) is 13.3. The van der Waals surface area contributed by atoms with Gasteiger partial charge in [0.1, 0.15) is 12.6 Å². The third-order valence-electron chi connectivity index (χ3n) is 3.87. The van der Waals surface area contributed by atoms with Crippen molar-refractivity contribution >= 4 is 12.1 Å². The third kappa shape index (κ3) is 4.89. The van der Waals surface area contributed by atoms with E-state index in [2.05, 4.69) is 0 Å². The first-order valence-electron chi connectivity index (χ1n) is 7.55. The Balaban J connectivity index is 1.82. The number of carboxylic acids is 1. The smallest absolute Gasteiger partial charge is 0.410 e. The van der Waals surface area contributed by atoms with Gasteiger partial charge in [0.05, 0.1) is 13.1 Å². The molecule has 0 aromatic heterocycles. The summed E-state index contributed by atoms with van der Waals surface area (Å²) in [5.74, 6) is -3.89. The van der Waals surface area contributed by atoms with E-state index in [-0.39, 0.29) is 32.7 Å². The maximum absolute atomic E-state index is 12.8. The lowest BCUT2D eigenvalue weighted by Gasteiger charge is -2.39. The molecule has 1 aliphatic rings. The largest absolute Gasteiger partial charge is 0.480 e. The number of nitrogens with zero attached hydrogens (tertiary/aromatic N) is 2. The fraction of sp³-hybridized carbons (Fsp3) is 0.500. The molecule has 0 saturated carbocycles. The molecule has 132 valence electrons. The summed E-state index contributed by atoms with van der Waals surface area (Å²) in [6, 6.07) is 7.88. The highest BCUT2D eigenvalue weighted by Gasteiger charge is 2.43. The van der Waals surface area contributed by atoms with Crippen molar-refractivity contribution in [1.29, 1.82) is 0 Å². The highest BCUT2D eigenvalue weighted by Crippen LogP contribution is 2.26. The average Bonchev–Trinajstić information content (AvgIpc) is 2.51. The van der Waals surface area contributed by atoms with Crippen molar-refractivity contribution in [1.82, 2.24) is 9.80 Å². The molecule has 1 aliphatic heterocycles. The Hall–Kier alpha value is -2.22. The van der Waals surface area contributed by atoms with Gasteiger partial charge in [0.2, 0.25) is 0 Å². The van der Waals surface area contributed by atoms with Crippen molar-refractivity contribution in [2.24, 2.45) is 0 Å². The standard InChI is InChI=1S/C16H20F2N2O4/c1-19(15(23)24-9-12-5-3-2-4-6-12)13(14(21)22)7-8-20-10-16(17,18)11-20/h2-6,13H,7-11H2,1H3,(H,21,22). The lowest BCUT2D eigenvalue weighted by molar-refractivity contribution is -0.145. The molecule has 1 aromatic rings. The molecule has 24 heavy (non-hydrogen) atoms. The predicted molar refractivity (Wildman–Crippen MR) is 81.8 cm³/mol. The number of likely N-dealkylation sites (N-methyl/N-ethyl adjacent to an activating group) is 1. The average molecular weight is 342 g/mol. The number of carbonyl (C=O) groups excluding carboxylic acids is 1. The molecule has 8 heteroatoms. The molecule has 1 aromatic carbocycles. The summed E-state index contributed by atoms with van der Waals surface area (Å²) in [6.07, 6.45) is -0.706. The van der Waals surface area contributed by atoms with Crippen LogP contribution >= 0.6 is 0 Å². The first-order valence-corrected chi connectivity index (χ1v) is 7.55. The van der Waals surface area contributed by atoms with Gasteiger partial charge in [0.15, 0.2) is 0 Å². The molecule has 1 N–H and O–H groups in total. The molecule has 0 bridgehead atoms. The van der Waals surface area contributed by atoms with E-state index in [9.17, 15) is 23.5 Å². The Morgan fingerprint density at radius 1 is 1.33 bits per heavy atom. The lowest BCUT2D eigenvalue weighted by atomic mass is 10.1. The molecule has 1 saturated heterocycles. The van der Waals surface area contributed by atoms with Crippen LogP contribution in [0.15, 0.2) is 30.3 Å². The minimum Gasteiger partial charge on any atom is -0.480 e. The molecule has 1 heterocycles. The van der Waals surface area contributed by atoms with E-state index in [0.29, 0.717) is 0 Å². The van der Waals surface area contributed by atoms with Gasteiger partial charge in [-0.3, -0.25) is 9.80 Å². The molecule has 2 rings (SSSR count). The highest BCUT2D eigenvalue weighted by molar-refractivity contribution is 5.79. The van der Waals surface area contributed by atoms with E-state index < -0.39 is 24.0 Å². The van der Waals surface area contributed by atoms with E-state index in [1.807, 2.05) is 6.07 Å². The van der Waals surface area contributed by atoms with Crippen LogP contribution in [0, 0.1) is 0 Å². The Bertz CT molecular complexity index is 575. The van der Waals surface area contributed by atoms with Crippen molar-refractivity contribution in [3.63, 3.8) is 0 Å². The number of aliphatic carboxylic acids is 1. The van der Waals surface area contributed by atoms with Crippen LogP contribution in [0.25, 0.3) is 0 Å². The summed E-state index contributed by atoms with van der Waals surface area (Å²) >= 11 is 0. The number of alkyl halides is 2. The minimum atomic E-state index is -2.70. The molecule has 0 radical (unpaired) electrons. The van der Waals surface area contributed by atoms with Crippen LogP contribution in [0.3, 0.4) is 0 Å². The van der Waals surface area contributed by atoms with E-state index >= 15 is 0 Å². The summed E-state index contributed by atoms with van der Waals surface area (Å²) in [5, 5.41) is 9.27. The lowest BCUT2D eigenvalue weighted by Crippen LogP contribution is -2.57. The molecule has 1 unspecified atom stereocenters. The predicted octanol–water partition coefficient (Wildman–Crippen LogP) is 2.05. The zero-order valence-electron chi connectivity index (χ0n) is 13.3. The van der Waals surface area contributed by atoms with Crippen LogP contribution in [0.5, 0.6) is 0 Å². The number of rotatable bonds is 7. The number of ether oxygens (including phenoxy) is 1. The van der Waals surface area contributed by atoms with E-state index in [1.54, 1.807) is 24.3 Å². The molecule has 6 nitrogen and oxygen atoms in total. The third-order valence-corrected chi connectivity index (χ3v) is 3.87. The normalized spacial score (nSPS) is 17.6. The van der Waals surface area contributed by atoms with Crippen LogP contribution in [0.4, 0.5) is 13.6 Å². The van der Waals surface area contributed by atoms with Crippen LogP contribution in [0.1, 0.15) is 12.0 Å². The maximum atomic E-state index is 12.8. The van der Waals surface area contributed by atoms with Crippen LogP contribution in [0.2, 0.25) is 0 Å². The molecule has 0 spiro atoms. The second-order valence-corrected chi connectivity index (χ2v) is 5.86. The summed E-state index contributed by atoms with van der Waals surface area (Å²) in [6.45, 7) is -0.527. The van der Waals surface area contributed by atoms with Gasteiger partial charge in [-0.1, -0.05) is 30.3 Å². The number of carbonyl (C=O) groups is 2. The van der Waals surface area contributed by atoms with E-state index in [1.165, 1.54) is 11.9 Å². The zero-order chi connectivity index (χ0) is 17.7. The summed E-state index contributed by atoms with van der Waals surface area (Å²) in [7, 11) is 1.33. The summed E-state index contributed by atoms with van der Waals surface area (Å²) in [5.41, 5.74) is 0.786. The van der Waals surface area contributed by atoms with Gasteiger partial charge in [0, 0.05) is 13.6 Å². The first-order chi connectivity index (χ1) is 11.3. The molecule has 1 amide bonds. The number of amides is 1. The van der Waals surface area contributed by atoms with Crippen molar-refractivity contribution in [2.75, 3.05) is 26.7 Å². The molecular formula is C16H20F2N2O4. The van der Waals surface area contributed by atoms with Gasteiger partial charge in [0.25, 0.3) is 5.92 Å². The van der Waals surface area contributed by atoms with Gasteiger partial charge in [-0.15, -0.1) is 0 Å². The molecule has 1 atom stereocenters. The fourth-order valence-corrected chi connectivity index (χ4v) is 2.50. The Morgan fingerprint density at radius 3 is 2.50 bits per heavy atom. The van der Waals surface area contributed by atoms with Crippen LogP contribution in [-0.4, -0.2) is 65.6 Å². The fourth-order valence-electron chi connectivity index (χ4n) is 2.50. The second kappa shape index (κ2) is 7.57. The Kier molecular flexibility index (Phi) is 5.71. The number of hydrogen-bond donors (Lipinski definition) is 1. The number of hydrogen-bond acceptors (Lipinski definition) is 4. The minimum absolute atomic E-state index is 0.0364. The summed E-state index contributed by atoms with van der Waals surface area (Å²) < 4.78 is 30.6. The highest BCUT2D eigenvalue weighted by atomic mass is 19.3. The van der Waals surface area contributed by atoms with Crippen LogP contribution in [-0.2, 0) is 16.1 Å². The van der Waals surface area contributed by atoms with E-state index in [0.717, 1.165) is 10.5 Å². The maximum Gasteiger partial charge on any atom is 0.410 e. The topological polar surface area (TPSA) is 70.1 Å². The molecular weight excluding hydrogens is 322 g/mol.